The van der Waals surface area contributed by atoms with Gasteiger partial charge in [0.1, 0.15) is 11.4 Å². The molecule has 120 valence electrons. The van der Waals surface area contributed by atoms with E-state index < -0.39 is 5.91 Å². The number of hydrogen-bond donors (Lipinski definition) is 2. The van der Waals surface area contributed by atoms with Crippen LogP contribution in [-0.4, -0.2) is 40.3 Å². The highest BCUT2D eigenvalue weighted by Crippen LogP contribution is 2.23. The van der Waals surface area contributed by atoms with Gasteiger partial charge in [0.15, 0.2) is 0 Å². The summed E-state index contributed by atoms with van der Waals surface area (Å²) in [5.41, 5.74) is 3.97. The monoisotopic (exact) mass is 313 g/mol. The summed E-state index contributed by atoms with van der Waals surface area (Å²) in [4.78, 5) is 21.5. The number of aromatic nitrogens is 2. The molecule has 1 amide bonds. The van der Waals surface area contributed by atoms with Gasteiger partial charge in [0.2, 0.25) is 0 Å². The second-order valence-corrected chi connectivity index (χ2v) is 4.71. The molecule has 0 unspecified atom stereocenters. The first-order chi connectivity index (χ1) is 11.2. The van der Waals surface area contributed by atoms with Crippen LogP contribution in [0.3, 0.4) is 0 Å². The Labute approximate surface area is 134 Å². The van der Waals surface area contributed by atoms with Gasteiger partial charge in [-0.2, -0.15) is 5.10 Å². The van der Waals surface area contributed by atoms with E-state index in [1.165, 1.54) is 24.8 Å². The van der Waals surface area contributed by atoms with Crippen LogP contribution in [-0.2, 0) is 0 Å². The number of carbonyl (C=O) groups is 1. The Morgan fingerprint density at radius 2 is 2.13 bits per heavy atom. The first-order valence-electron chi connectivity index (χ1n) is 7.33. The van der Waals surface area contributed by atoms with Gasteiger partial charge in [-0.05, 0) is 26.0 Å². The fourth-order valence-corrected chi connectivity index (χ4v) is 2.06. The summed E-state index contributed by atoms with van der Waals surface area (Å²) in [6, 6.07) is 5.33. The van der Waals surface area contributed by atoms with Gasteiger partial charge >= 0.3 is 0 Å². The predicted molar refractivity (Wildman–Crippen MR) is 88.8 cm³/mol. The molecule has 23 heavy (non-hydrogen) atoms. The van der Waals surface area contributed by atoms with Gasteiger partial charge < -0.3 is 10.0 Å². The van der Waals surface area contributed by atoms with Gasteiger partial charge in [0, 0.05) is 42.8 Å². The van der Waals surface area contributed by atoms with Crippen molar-refractivity contribution in [3.8, 4) is 5.75 Å². The molecule has 0 fully saturated rings. The summed E-state index contributed by atoms with van der Waals surface area (Å²) < 4.78 is 0. The second kappa shape index (κ2) is 7.88. The molecular weight excluding hydrogens is 294 g/mol. The average Bonchev–Trinajstić information content (AvgIpc) is 2.58. The molecular formula is C16H19N5O2. The number of amides is 1. The van der Waals surface area contributed by atoms with Crippen LogP contribution in [0.1, 0.15) is 29.9 Å². The lowest BCUT2D eigenvalue weighted by atomic mass is 10.2. The first-order valence-corrected chi connectivity index (χ1v) is 7.33. The fourth-order valence-electron chi connectivity index (χ4n) is 2.06. The smallest absolute Gasteiger partial charge is 0.291 e. The summed E-state index contributed by atoms with van der Waals surface area (Å²) in [5, 5.41) is 13.9. The Balaban J connectivity index is 2.04. The SMILES string of the molecule is CCN(CC)c1ccc(C=NNC(=O)c2cnccn2)c(O)c1. The lowest BCUT2D eigenvalue weighted by Crippen LogP contribution is -2.21. The molecule has 7 nitrogen and oxygen atoms in total. The number of phenols is 1. The van der Waals surface area contributed by atoms with Gasteiger partial charge in [-0.15, -0.1) is 0 Å². The third kappa shape index (κ3) is 4.26. The van der Waals surface area contributed by atoms with Crippen molar-refractivity contribution in [3.63, 3.8) is 0 Å². The minimum absolute atomic E-state index is 0.104. The predicted octanol–water partition coefficient (Wildman–Crippen LogP) is 1.79. The maximum absolute atomic E-state index is 11.7. The zero-order valence-corrected chi connectivity index (χ0v) is 13.1. The molecule has 0 saturated carbocycles. The number of hydrogen-bond acceptors (Lipinski definition) is 6. The topological polar surface area (TPSA) is 90.7 Å². The van der Waals surface area contributed by atoms with Crippen molar-refractivity contribution in [2.45, 2.75) is 13.8 Å². The number of hydrazone groups is 1. The number of nitrogens with zero attached hydrogens (tertiary/aromatic N) is 4. The van der Waals surface area contributed by atoms with Crippen molar-refractivity contribution in [1.82, 2.24) is 15.4 Å². The molecule has 0 saturated heterocycles. The van der Waals surface area contributed by atoms with Crippen LogP contribution < -0.4 is 10.3 Å². The van der Waals surface area contributed by atoms with E-state index in [1.807, 2.05) is 6.07 Å². The van der Waals surface area contributed by atoms with Gasteiger partial charge in [-0.25, -0.2) is 10.4 Å². The quantitative estimate of drug-likeness (QED) is 0.627. The van der Waals surface area contributed by atoms with Crippen molar-refractivity contribution in [3.05, 3.63) is 48.0 Å². The normalized spacial score (nSPS) is 10.7. The van der Waals surface area contributed by atoms with Crippen molar-refractivity contribution in [2.75, 3.05) is 18.0 Å². The van der Waals surface area contributed by atoms with Crippen LogP contribution in [0, 0.1) is 0 Å². The van der Waals surface area contributed by atoms with E-state index >= 15 is 0 Å². The van der Waals surface area contributed by atoms with Crippen molar-refractivity contribution in [1.29, 1.82) is 0 Å². The summed E-state index contributed by atoms with van der Waals surface area (Å²) >= 11 is 0. The van der Waals surface area contributed by atoms with Gasteiger partial charge in [0.05, 0.1) is 12.4 Å². The number of carbonyl (C=O) groups excluding carboxylic acids is 1. The van der Waals surface area contributed by atoms with Crippen LogP contribution >= 0.6 is 0 Å². The van der Waals surface area contributed by atoms with Crippen LogP contribution in [0.5, 0.6) is 5.75 Å². The number of benzene rings is 1. The highest BCUT2D eigenvalue weighted by atomic mass is 16.3. The summed E-state index contributed by atoms with van der Waals surface area (Å²) in [7, 11) is 0. The largest absolute Gasteiger partial charge is 0.507 e. The van der Waals surface area contributed by atoms with E-state index in [1.54, 1.807) is 12.1 Å². The minimum Gasteiger partial charge on any atom is -0.507 e. The molecule has 0 spiro atoms. The Bertz CT molecular complexity index is 684. The Morgan fingerprint density at radius 1 is 1.35 bits per heavy atom. The third-order valence-electron chi connectivity index (χ3n) is 3.31. The second-order valence-electron chi connectivity index (χ2n) is 4.71. The zero-order chi connectivity index (χ0) is 16.7. The highest BCUT2D eigenvalue weighted by Gasteiger charge is 2.07. The molecule has 2 aromatic rings. The van der Waals surface area contributed by atoms with E-state index in [0.29, 0.717) is 5.56 Å². The Hall–Kier alpha value is -2.96. The maximum atomic E-state index is 11.7. The lowest BCUT2D eigenvalue weighted by Gasteiger charge is -2.21. The summed E-state index contributed by atoms with van der Waals surface area (Å²) in [6.07, 6.45) is 5.64. The minimum atomic E-state index is -0.464. The number of rotatable bonds is 6. The summed E-state index contributed by atoms with van der Waals surface area (Å²) in [5.74, 6) is -0.361. The van der Waals surface area contributed by atoms with Crippen molar-refractivity contribution in [2.24, 2.45) is 5.10 Å². The molecule has 0 atom stereocenters. The average molecular weight is 313 g/mol. The molecule has 0 aliphatic heterocycles. The van der Waals surface area contributed by atoms with Crippen LogP contribution in [0.15, 0.2) is 41.9 Å². The number of aromatic hydroxyl groups is 1. The third-order valence-corrected chi connectivity index (χ3v) is 3.31. The molecule has 1 heterocycles. The molecule has 7 heteroatoms. The van der Waals surface area contributed by atoms with E-state index in [2.05, 4.69) is 39.2 Å². The molecule has 0 aliphatic rings. The number of anilines is 1. The van der Waals surface area contributed by atoms with Gasteiger partial charge in [0.25, 0.3) is 5.91 Å². The molecule has 2 rings (SSSR count). The molecule has 0 bridgehead atoms. The Kier molecular flexibility index (Phi) is 5.62. The van der Waals surface area contributed by atoms with Crippen LogP contribution in [0.25, 0.3) is 0 Å². The van der Waals surface area contributed by atoms with Gasteiger partial charge in [-0.3, -0.25) is 9.78 Å². The molecule has 1 aromatic carbocycles. The number of phenolic OH excluding ortho intramolecular Hbond substituents is 1. The van der Waals surface area contributed by atoms with E-state index in [0.717, 1.165) is 18.8 Å². The standard InChI is InChI=1S/C16H19N5O2/c1-3-21(4-2)13-6-5-12(15(22)9-13)10-19-20-16(23)14-11-17-7-8-18-14/h5-11,22H,3-4H2,1-2H3,(H,20,23). The van der Waals surface area contributed by atoms with Crippen molar-refractivity contribution >= 4 is 17.8 Å². The van der Waals surface area contributed by atoms with E-state index in [-0.39, 0.29) is 11.4 Å². The summed E-state index contributed by atoms with van der Waals surface area (Å²) in [6.45, 7) is 5.82. The maximum Gasteiger partial charge on any atom is 0.291 e. The molecule has 0 aliphatic carbocycles. The molecule has 1 aromatic heterocycles. The zero-order valence-electron chi connectivity index (χ0n) is 13.1. The molecule has 0 radical (unpaired) electrons. The highest BCUT2D eigenvalue weighted by molar-refractivity contribution is 5.93. The fraction of sp³-hybridized carbons (Fsp3) is 0.250. The van der Waals surface area contributed by atoms with Gasteiger partial charge in [-0.1, -0.05) is 0 Å². The van der Waals surface area contributed by atoms with Crippen molar-refractivity contribution < 1.29 is 9.90 Å². The van der Waals surface area contributed by atoms with E-state index in [4.69, 9.17) is 0 Å². The first kappa shape index (κ1) is 16.4. The number of nitrogens with one attached hydrogen (secondary N) is 1. The Morgan fingerprint density at radius 3 is 2.74 bits per heavy atom. The van der Waals surface area contributed by atoms with E-state index in [9.17, 15) is 9.90 Å². The molecule has 2 N–H and O–H groups in total. The van der Waals surface area contributed by atoms with Crippen LogP contribution in [0.2, 0.25) is 0 Å². The lowest BCUT2D eigenvalue weighted by molar-refractivity contribution is 0.0949. The van der Waals surface area contributed by atoms with Crippen LogP contribution in [0.4, 0.5) is 5.69 Å².